The predicted molar refractivity (Wildman–Crippen MR) is 136 cm³/mol. The summed E-state index contributed by atoms with van der Waals surface area (Å²) < 4.78 is 97.0. The molecule has 18 heteroatoms. The Morgan fingerprint density at radius 1 is 1.07 bits per heavy atom. The number of rotatable bonds is 7. The van der Waals surface area contributed by atoms with Crippen LogP contribution in [-0.4, -0.2) is 41.2 Å². The number of thiophene rings is 1. The average molecular weight is 615 g/mol. The molecule has 0 unspecified atom stereocenters. The number of hydrogen-bond donors (Lipinski definition) is 2. The Morgan fingerprint density at radius 3 is 2.36 bits per heavy atom. The molecular weight excluding hydrogens is 597 g/mol. The van der Waals surface area contributed by atoms with Crippen molar-refractivity contribution in [2.75, 3.05) is 5.32 Å². The van der Waals surface area contributed by atoms with E-state index in [2.05, 4.69) is 25.5 Å². The molecule has 2 amide bonds. The Morgan fingerprint density at radius 2 is 1.79 bits per heavy atom. The van der Waals surface area contributed by atoms with E-state index in [4.69, 9.17) is 5.73 Å². The molecule has 0 aliphatic carbocycles. The lowest BCUT2D eigenvalue weighted by molar-refractivity contribution is -0.140. The molecule has 5 heterocycles. The lowest BCUT2D eigenvalue weighted by atomic mass is 10.0. The quantitative estimate of drug-likeness (QED) is 0.224. The molecule has 0 bridgehead atoms. The van der Waals surface area contributed by atoms with Crippen LogP contribution in [0.3, 0.4) is 0 Å². The van der Waals surface area contributed by atoms with Crippen LogP contribution in [0.5, 0.6) is 0 Å². The zero-order chi connectivity index (χ0) is 30.7. The van der Waals surface area contributed by atoms with Gasteiger partial charge in [0.2, 0.25) is 0 Å². The van der Waals surface area contributed by atoms with Crippen molar-refractivity contribution in [3.63, 3.8) is 0 Å². The number of carbonyl (C=O) groups excluding carboxylic acids is 2. The minimum Gasteiger partial charge on any atom is -0.365 e. The normalized spacial score (nSPS) is 12.3. The summed E-state index contributed by atoms with van der Waals surface area (Å²) in [6.45, 7) is 3.77. The Labute approximate surface area is 234 Å². The lowest BCUT2D eigenvalue weighted by Gasteiger charge is -2.12. The van der Waals surface area contributed by atoms with Gasteiger partial charge in [0.05, 0.1) is 11.9 Å². The molecule has 0 atom stereocenters. The average Bonchev–Trinajstić information content (AvgIpc) is 3.61. The standard InChI is InChI=1S/C24H17F7N8O2S/c1-3-38-8(2)10(7-33-38)9-4-14(24(29,30)31)35-23-16(9)17(18(42-23)21(32)40)36-22(41)12-6-15-34-11(19(25)26)5-13(20(27)28)39(15)37-12/h4-7,19-20H,3H2,1-2H3,(H2,32,40)(H,36,41). The second-order valence-corrected chi connectivity index (χ2v) is 9.82. The van der Waals surface area contributed by atoms with Gasteiger partial charge in [0, 0.05) is 29.3 Å². The highest BCUT2D eigenvalue weighted by Crippen LogP contribution is 2.44. The second kappa shape index (κ2) is 10.3. The van der Waals surface area contributed by atoms with Crippen LogP contribution in [0.1, 0.15) is 62.7 Å². The number of halogens is 7. The maximum atomic E-state index is 13.8. The maximum Gasteiger partial charge on any atom is 0.433 e. The highest BCUT2D eigenvalue weighted by molar-refractivity contribution is 7.21. The van der Waals surface area contributed by atoms with Crippen LogP contribution in [0.4, 0.5) is 36.4 Å². The zero-order valence-corrected chi connectivity index (χ0v) is 22.1. The third kappa shape index (κ3) is 4.90. The van der Waals surface area contributed by atoms with Crippen LogP contribution in [0, 0.1) is 6.92 Å². The van der Waals surface area contributed by atoms with Gasteiger partial charge in [0.25, 0.3) is 24.7 Å². The number of anilines is 1. The van der Waals surface area contributed by atoms with Crippen molar-refractivity contribution < 1.29 is 40.3 Å². The van der Waals surface area contributed by atoms with Crippen molar-refractivity contribution in [3.05, 3.63) is 57.7 Å². The van der Waals surface area contributed by atoms with Crippen molar-refractivity contribution >= 4 is 44.7 Å². The number of nitrogens with two attached hydrogens (primary N) is 1. The Balaban J connectivity index is 1.71. The van der Waals surface area contributed by atoms with E-state index in [1.54, 1.807) is 13.8 Å². The van der Waals surface area contributed by atoms with E-state index in [0.29, 0.717) is 34.2 Å². The SMILES string of the molecule is CCn1ncc(-c2cc(C(F)(F)F)nc3sc(C(N)=O)c(NC(=O)c4cc5nc(C(F)F)cc(C(F)F)n5n4)c23)c1C. The fourth-order valence-corrected chi connectivity index (χ4v) is 5.36. The lowest BCUT2D eigenvalue weighted by Crippen LogP contribution is -2.17. The summed E-state index contributed by atoms with van der Waals surface area (Å²) in [5.41, 5.74) is 1.59. The molecular formula is C24H17F7N8O2S. The van der Waals surface area contributed by atoms with Crippen molar-refractivity contribution in [1.82, 2.24) is 29.4 Å². The fraction of sp³-hybridized carbons (Fsp3) is 0.250. The number of carbonyl (C=O) groups is 2. The molecule has 0 fully saturated rings. The van der Waals surface area contributed by atoms with Crippen LogP contribution in [-0.2, 0) is 12.7 Å². The number of alkyl halides is 7. The molecule has 0 saturated carbocycles. The third-order valence-corrected chi connectivity index (χ3v) is 7.36. The summed E-state index contributed by atoms with van der Waals surface area (Å²) in [4.78, 5) is 32.2. The van der Waals surface area contributed by atoms with Gasteiger partial charge in [-0.2, -0.15) is 23.4 Å². The molecule has 220 valence electrons. The van der Waals surface area contributed by atoms with Crippen LogP contribution in [0.2, 0.25) is 0 Å². The number of aromatic nitrogens is 6. The monoisotopic (exact) mass is 614 g/mol. The van der Waals surface area contributed by atoms with Gasteiger partial charge in [0.1, 0.15) is 26.8 Å². The highest BCUT2D eigenvalue weighted by atomic mass is 32.1. The van der Waals surface area contributed by atoms with Crippen molar-refractivity contribution in [1.29, 1.82) is 0 Å². The van der Waals surface area contributed by atoms with Crippen molar-refractivity contribution in [3.8, 4) is 11.1 Å². The smallest absolute Gasteiger partial charge is 0.365 e. The Kier molecular flexibility index (Phi) is 7.12. The van der Waals surface area contributed by atoms with E-state index >= 15 is 0 Å². The van der Waals surface area contributed by atoms with E-state index in [-0.39, 0.29) is 31.9 Å². The second-order valence-electron chi connectivity index (χ2n) is 8.82. The first kappa shape index (κ1) is 28.9. The van der Waals surface area contributed by atoms with E-state index in [1.165, 1.54) is 10.9 Å². The molecule has 42 heavy (non-hydrogen) atoms. The van der Waals surface area contributed by atoms with Crippen LogP contribution >= 0.6 is 11.3 Å². The topological polar surface area (TPSA) is 133 Å². The van der Waals surface area contributed by atoms with Crippen LogP contribution < -0.4 is 11.1 Å². The molecule has 0 spiro atoms. The zero-order valence-electron chi connectivity index (χ0n) is 21.3. The van der Waals surface area contributed by atoms with Crippen molar-refractivity contribution in [2.45, 2.75) is 39.4 Å². The Hall–Kier alpha value is -4.61. The number of pyridine rings is 1. The molecule has 0 aliphatic rings. The van der Waals surface area contributed by atoms with Gasteiger partial charge >= 0.3 is 6.18 Å². The van der Waals surface area contributed by atoms with Gasteiger partial charge in [0.15, 0.2) is 11.3 Å². The first-order valence-electron chi connectivity index (χ1n) is 11.9. The minimum absolute atomic E-state index is 0.0657. The van der Waals surface area contributed by atoms with Gasteiger partial charge < -0.3 is 11.1 Å². The minimum atomic E-state index is -4.87. The molecule has 0 aliphatic heterocycles. The van der Waals surface area contributed by atoms with Crippen molar-refractivity contribution in [2.24, 2.45) is 5.73 Å². The molecule has 10 nitrogen and oxygen atoms in total. The van der Waals surface area contributed by atoms with E-state index in [0.717, 1.165) is 12.1 Å². The van der Waals surface area contributed by atoms with Gasteiger partial charge in [-0.05, 0) is 31.5 Å². The number of nitrogens with one attached hydrogen (secondary N) is 1. The number of amides is 2. The number of primary amides is 1. The molecule has 0 saturated heterocycles. The van der Waals surface area contributed by atoms with E-state index < -0.39 is 59.3 Å². The number of nitrogens with zero attached hydrogens (tertiary/aromatic N) is 6. The van der Waals surface area contributed by atoms with Gasteiger partial charge in [-0.25, -0.2) is 32.0 Å². The third-order valence-electron chi connectivity index (χ3n) is 6.26. The summed E-state index contributed by atoms with van der Waals surface area (Å²) in [5.74, 6) is -2.22. The summed E-state index contributed by atoms with van der Waals surface area (Å²) >= 11 is 0.495. The largest absolute Gasteiger partial charge is 0.433 e. The fourth-order valence-electron chi connectivity index (χ4n) is 4.35. The van der Waals surface area contributed by atoms with Gasteiger partial charge in [-0.3, -0.25) is 14.3 Å². The highest BCUT2D eigenvalue weighted by Gasteiger charge is 2.36. The predicted octanol–water partition coefficient (Wildman–Crippen LogP) is 5.78. The van der Waals surface area contributed by atoms with E-state index in [9.17, 15) is 40.3 Å². The summed E-state index contributed by atoms with van der Waals surface area (Å²) in [7, 11) is 0. The molecule has 3 N–H and O–H groups in total. The summed E-state index contributed by atoms with van der Waals surface area (Å²) in [6, 6.07) is 2.06. The summed E-state index contributed by atoms with van der Waals surface area (Å²) in [5, 5.41) is 10.2. The molecule has 5 aromatic heterocycles. The van der Waals surface area contributed by atoms with Crippen LogP contribution in [0.15, 0.2) is 24.4 Å². The number of fused-ring (bicyclic) bond motifs is 2. The Bertz CT molecular complexity index is 1880. The first-order valence-corrected chi connectivity index (χ1v) is 12.7. The number of hydrogen-bond acceptors (Lipinski definition) is 7. The molecule has 0 aromatic carbocycles. The number of aryl methyl sites for hydroxylation is 1. The van der Waals surface area contributed by atoms with Gasteiger partial charge in [-0.1, -0.05) is 0 Å². The maximum absolute atomic E-state index is 13.8. The van der Waals surface area contributed by atoms with E-state index in [1.807, 2.05) is 0 Å². The molecule has 0 radical (unpaired) electrons. The van der Waals surface area contributed by atoms with Gasteiger partial charge in [-0.15, -0.1) is 11.3 Å². The molecule has 5 aromatic rings. The molecule has 5 rings (SSSR count). The first-order chi connectivity index (χ1) is 19.7. The van der Waals surface area contributed by atoms with Crippen LogP contribution in [0.25, 0.3) is 27.0 Å². The summed E-state index contributed by atoms with van der Waals surface area (Å²) in [6.07, 6.45) is -10.00.